The summed E-state index contributed by atoms with van der Waals surface area (Å²) in [7, 11) is 1.54. The number of nitrogens with zero attached hydrogens (tertiary/aromatic N) is 1. The number of rotatable bonds is 7. The second-order valence-electron chi connectivity index (χ2n) is 6.82. The molecular weight excluding hydrogens is 399 g/mol. The number of nitrogens with one attached hydrogen (secondary N) is 1. The minimum absolute atomic E-state index is 0.132. The van der Waals surface area contributed by atoms with E-state index in [2.05, 4.69) is 5.32 Å². The van der Waals surface area contributed by atoms with Gasteiger partial charge in [-0.2, -0.15) is 0 Å². The molecule has 0 saturated heterocycles. The number of benzene rings is 3. The van der Waals surface area contributed by atoms with Crippen LogP contribution in [0.1, 0.15) is 26.3 Å². The number of carbonyl (C=O) groups excluding carboxylic acids is 3. The zero-order valence-electron chi connectivity index (χ0n) is 16.9. The molecule has 6 nitrogen and oxygen atoms in total. The van der Waals surface area contributed by atoms with Crippen LogP contribution in [0.5, 0.6) is 0 Å². The number of hydrogen-bond acceptors (Lipinski definition) is 4. The van der Waals surface area contributed by atoms with Crippen molar-refractivity contribution in [1.82, 2.24) is 4.90 Å². The second-order valence-corrected chi connectivity index (χ2v) is 6.82. The third kappa shape index (κ3) is 5.99. The standard InChI is InChI=1S/C24H21FN2O4/c1-27(15-17-8-7-11-19(25)14-17)22(28)16-31-24(30)20-12-5-6-13-21(20)26-23(29)18-9-3-2-4-10-18/h2-14H,15-16H2,1H3,(H,26,29). The number of hydrogen-bond donors (Lipinski definition) is 1. The van der Waals surface area contributed by atoms with Gasteiger partial charge >= 0.3 is 5.97 Å². The molecule has 0 bridgehead atoms. The van der Waals surface area contributed by atoms with Crippen LogP contribution in [-0.4, -0.2) is 36.3 Å². The van der Waals surface area contributed by atoms with E-state index in [1.165, 1.54) is 30.1 Å². The van der Waals surface area contributed by atoms with E-state index in [1.807, 2.05) is 0 Å². The summed E-state index contributed by atoms with van der Waals surface area (Å²) in [6, 6.07) is 20.9. The molecule has 1 N–H and O–H groups in total. The molecule has 3 rings (SSSR count). The van der Waals surface area contributed by atoms with E-state index in [4.69, 9.17) is 4.74 Å². The summed E-state index contributed by atoms with van der Waals surface area (Å²) < 4.78 is 18.4. The molecule has 2 amide bonds. The lowest BCUT2D eigenvalue weighted by atomic mass is 10.1. The number of esters is 1. The van der Waals surface area contributed by atoms with E-state index >= 15 is 0 Å². The number of anilines is 1. The van der Waals surface area contributed by atoms with Crippen molar-refractivity contribution in [3.05, 3.63) is 101 Å². The zero-order valence-corrected chi connectivity index (χ0v) is 16.9. The Bertz CT molecular complexity index is 1090. The van der Waals surface area contributed by atoms with Crippen LogP contribution in [0, 0.1) is 5.82 Å². The zero-order chi connectivity index (χ0) is 22.2. The number of para-hydroxylation sites is 1. The highest BCUT2D eigenvalue weighted by Gasteiger charge is 2.18. The monoisotopic (exact) mass is 420 g/mol. The van der Waals surface area contributed by atoms with E-state index in [-0.39, 0.29) is 29.5 Å². The van der Waals surface area contributed by atoms with Gasteiger partial charge in [-0.3, -0.25) is 9.59 Å². The van der Waals surface area contributed by atoms with Crippen molar-refractivity contribution in [1.29, 1.82) is 0 Å². The van der Waals surface area contributed by atoms with Gasteiger partial charge in [-0.15, -0.1) is 0 Å². The number of ether oxygens (including phenoxy) is 1. The van der Waals surface area contributed by atoms with Gasteiger partial charge in [0.1, 0.15) is 5.82 Å². The molecule has 0 unspecified atom stereocenters. The van der Waals surface area contributed by atoms with Crippen molar-refractivity contribution < 1.29 is 23.5 Å². The Hall–Kier alpha value is -4.00. The van der Waals surface area contributed by atoms with Crippen LogP contribution in [0.25, 0.3) is 0 Å². The first-order valence-electron chi connectivity index (χ1n) is 9.55. The van der Waals surface area contributed by atoms with Crippen LogP contribution in [0.3, 0.4) is 0 Å². The molecule has 0 saturated carbocycles. The predicted octanol–water partition coefficient (Wildman–Crippen LogP) is 3.89. The first kappa shape index (κ1) is 21.7. The summed E-state index contributed by atoms with van der Waals surface area (Å²) in [4.78, 5) is 38.6. The van der Waals surface area contributed by atoms with Crippen LogP contribution >= 0.6 is 0 Å². The summed E-state index contributed by atoms with van der Waals surface area (Å²) in [5.41, 5.74) is 1.48. The van der Waals surface area contributed by atoms with Gasteiger partial charge in [0.15, 0.2) is 6.61 Å². The third-order valence-corrected chi connectivity index (χ3v) is 4.49. The van der Waals surface area contributed by atoms with Gasteiger partial charge in [0.25, 0.3) is 11.8 Å². The molecule has 31 heavy (non-hydrogen) atoms. The van der Waals surface area contributed by atoms with Crippen LogP contribution in [0.15, 0.2) is 78.9 Å². The van der Waals surface area contributed by atoms with Gasteiger partial charge in [0, 0.05) is 19.2 Å². The van der Waals surface area contributed by atoms with E-state index in [1.54, 1.807) is 60.7 Å². The molecule has 3 aromatic carbocycles. The molecule has 0 aliphatic heterocycles. The van der Waals surface area contributed by atoms with Crippen LogP contribution in [-0.2, 0) is 16.1 Å². The van der Waals surface area contributed by atoms with E-state index in [0.29, 0.717) is 11.1 Å². The molecule has 0 spiro atoms. The maximum Gasteiger partial charge on any atom is 0.340 e. The first-order chi connectivity index (χ1) is 14.9. The highest BCUT2D eigenvalue weighted by Crippen LogP contribution is 2.17. The maximum absolute atomic E-state index is 13.3. The smallest absolute Gasteiger partial charge is 0.340 e. The van der Waals surface area contributed by atoms with Crippen LogP contribution in [0.4, 0.5) is 10.1 Å². The van der Waals surface area contributed by atoms with Gasteiger partial charge in [0.2, 0.25) is 0 Å². The molecule has 0 radical (unpaired) electrons. The Kier molecular flexibility index (Phi) is 7.11. The topological polar surface area (TPSA) is 75.7 Å². The summed E-state index contributed by atoms with van der Waals surface area (Å²) in [5, 5.41) is 2.69. The number of likely N-dealkylation sites (N-methyl/N-ethyl adjacent to an activating group) is 1. The third-order valence-electron chi connectivity index (χ3n) is 4.49. The lowest BCUT2D eigenvalue weighted by Gasteiger charge is -2.17. The molecule has 7 heteroatoms. The van der Waals surface area contributed by atoms with Gasteiger partial charge in [-0.25, -0.2) is 9.18 Å². The van der Waals surface area contributed by atoms with Crippen molar-refractivity contribution in [2.75, 3.05) is 19.0 Å². The highest BCUT2D eigenvalue weighted by atomic mass is 19.1. The summed E-state index contributed by atoms with van der Waals surface area (Å²) in [6.45, 7) is -0.302. The molecule has 0 heterocycles. The van der Waals surface area contributed by atoms with Crippen molar-refractivity contribution in [2.45, 2.75) is 6.54 Å². The Morgan fingerprint density at radius 1 is 0.935 bits per heavy atom. The fourth-order valence-electron chi connectivity index (χ4n) is 2.87. The molecule has 0 fully saturated rings. The molecule has 3 aromatic rings. The van der Waals surface area contributed by atoms with Gasteiger partial charge in [-0.1, -0.05) is 42.5 Å². The van der Waals surface area contributed by atoms with Gasteiger partial charge < -0.3 is 15.0 Å². The number of carbonyl (C=O) groups is 3. The summed E-state index contributed by atoms with van der Waals surface area (Å²) in [5.74, 6) is -1.94. The normalized spacial score (nSPS) is 10.3. The molecule has 0 aliphatic rings. The Morgan fingerprint density at radius 3 is 2.39 bits per heavy atom. The SMILES string of the molecule is CN(Cc1cccc(F)c1)C(=O)COC(=O)c1ccccc1NC(=O)c1ccccc1. The Balaban J connectivity index is 1.60. The highest BCUT2D eigenvalue weighted by molar-refractivity contribution is 6.08. The Morgan fingerprint density at radius 2 is 1.65 bits per heavy atom. The van der Waals surface area contributed by atoms with E-state index in [9.17, 15) is 18.8 Å². The minimum atomic E-state index is -0.739. The summed E-state index contributed by atoms with van der Waals surface area (Å²) in [6.07, 6.45) is 0. The average molecular weight is 420 g/mol. The quantitative estimate of drug-likeness (QED) is 0.589. The second kappa shape index (κ2) is 10.2. The van der Waals surface area contributed by atoms with Crippen molar-refractivity contribution in [2.24, 2.45) is 0 Å². The average Bonchev–Trinajstić information content (AvgIpc) is 2.78. The summed E-state index contributed by atoms with van der Waals surface area (Å²) >= 11 is 0. The molecule has 0 aliphatic carbocycles. The molecular formula is C24H21FN2O4. The van der Waals surface area contributed by atoms with Crippen molar-refractivity contribution in [3.63, 3.8) is 0 Å². The largest absolute Gasteiger partial charge is 0.452 e. The minimum Gasteiger partial charge on any atom is -0.452 e. The van der Waals surface area contributed by atoms with Gasteiger partial charge in [-0.05, 0) is 42.0 Å². The predicted molar refractivity (Wildman–Crippen MR) is 114 cm³/mol. The molecule has 0 aromatic heterocycles. The lowest BCUT2D eigenvalue weighted by Crippen LogP contribution is -2.31. The van der Waals surface area contributed by atoms with Crippen molar-refractivity contribution >= 4 is 23.5 Å². The number of halogens is 1. The maximum atomic E-state index is 13.3. The molecule has 0 atom stereocenters. The number of amides is 2. The van der Waals surface area contributed by atoms with E-state index in [0.717, 1.165) is 0 Å². The van der Waals surface area contributed by atoms with Crippen LogP contribution < -0.4 is 5.32 Å². The first-order valence-corrected chi connectivity index (χ1v) is 9.55. The fraction of sp³-hybridized carbons (Fsp3) is 0.125. The lowest BCUT2D eigenvalue weighted by molar-refractivity contribution is -0.133. The fourth-order valence-corrected chi connectivity index (χ4v) is 2.87. The Labute approximate surface area is 179 Å². The molecule has 158 valence electrons. The van der Waals surface area contributed by atoms with E-state index < -0.39 is 18.5 Å². The van der Waals surface area contributed by atoms with Crippen molar-refractivity contribution in [3.8, 4) is 0 Å². The van der Waals surface area contributed by atoms with Crippen LogP contribution in [0.2, 0.25) is 0 Å². The van der Waals surface area contributed by atoms with Gasteiger partial charge in [0.05, 0.1) is 11.3 Å².